The van der Waals surface area contributed by atoms with Crippen molar-refractivity contribution in [1.29, 1.82) is 0 Å². The van der Waals surface area contributed by atoms with Crippen molar-refractivity contribution in [3.63, 3.8) is 0 Å². The number of nitrogens with zero attached hydrogens (tertiary/aromatic N) is 3. The molecular formula is C15H28N4O. The molecule has 0 radical (unpaired) electrons. The van der Waals surface area contributed by atoms with E-state index in [4.69, 9.17) is 4.52 Å². The fraction of sp³-hybridized carbons (Fsp3) is 0.867. The van der Waals surface area contributed by atoms with E-state index in [1.54, 1.807) is 0 Å². The lowest BCUT2D eigenvalue weighted by Gasteiger charge is -2.27. The standard InChI is InChI=1S/C15H28N4O/c1-4-5-8-14-17-15(20-18-14)11-19(12(2)3)10-13-7-6-9-16-13/h12-13,16H,4-11H2,1-3H3. The first kappa shape index (κ1) is 15.4. The molecule has 0 bridgehead atoms. The summed E-state index contributed by atoms with van der Waals surface area (Å²) >= 11 is 0. The molecule has 0 spiro atoms. The second-order valence-corrected chi connectivity index (χ2v) is 6.02. The fourth-order valence-electron chi connectivity index (χ4n) is 2.62. The van der Waals surface area contributed by atoms with Gasteiger partial charge in [0.15, 0.2) is 5.82 Å². The Balaban J connectivity index is 1.88. The molecule has 20 heavy (non-hydrogen) atoms. The molecule has 1 atom stereocenters. The van der Waals surface area contributed by atoms with Crippen LogP contribution in [0, 0.1) is 0 Å². The zero-order chi connectivity index (χ0) is 14.4. The SMILES string of the molecule is CCCCc1noc(CN(CC2CCCN2)C(C)C)n1. The molecule has 5 nitrogen and oxygen atoms in total. The maximum atomic E-state index is 5.38. The lowest BCUT2D eigenvalue weighted by molar-refractivity contribution is 0.170. The molecule has 1 aromatic heterocycles. The maximum absolute atomic E-state index is 5.38. The zero-order valence-electron chi connectivity index (χ0n) is 13.1. The van der Waals surface area contributed by atoms with Crippen molar-refractivity contribution in [2.24, 2.45) is 0 Å². The molecule has 0 saturated carbocycles. The van der Waals surface area contributed by atoms with Crippen LogP contribution < -0.4 is 5.32 Å². The first-order valence-corrected chi connectivity index (χ1v) is 7.98. The summed E-state index contributed by atoms with van der Waals surface area (Å²) in [5, 5.41) is 7.62. The fourth-order valence-corrected chi connectivity index (χ4v) is 2.62. The Morgan fingerprint density at radius 1 is 1.45 bits per heavy atom. The van der Waals surface area contributed by atoms with Crippen LogP contribution in [0.5, 0.6) is 0 Å². The minimum atomic E-state index is 0.489. The van der Waals surface area contributed by atoms with Crippen LogP contribution in [0.1, 0.15) is 58.2 Å². The van der Waals surface area contributed by atoms with Crippen LogP contribution in [0.25, 0.3) is 0 Å². The second-order valence-electron chi connectivity index (χ2n) is 6.02. The summed E-state index contributed by atoms with van der Waals surface area (Å²) < 4.78 is 5.38. The number of nitrogens with one attached hydrogen (secondary N) is 1. The molecule has 1 aromatic rings. The molecular weight excluding hydrogens is 252 g/mol. The highest BCUT2D eigenvalue weighted by Crippen LogP contribution is 2.13. The van der Waals surface area contributed by atoms with Crippen LogP contribution in [0.4, 0.5) is 0 Å². The van der Waals surface area contributed by atoms with E-state index >= 15 is 0 Å². The second kappa shape index (κ2) is 7.74. The molecule has 1 fully saturated rings. The lowest BCUT2D eigenvalue weighted by atomic mass is 10.2. The first-order valence-electron chi connectivity index (χ1n) is 7.98. The third-order valence-corrected chi connectivity index (χ3v) is 3.95. The summed E-state index contributed by atoms with van der Waals surface area (Å²) in [4.78, 5) is 6.92. The Hall–Kier alpha value is -0.940. The third-order valence-electron chi connectivity index (χ3n) is 3.95. The Labute approximate surface area is 122 Å². The van der Waals surface area contributed by atoms with E-state index in [9.17, 15) is 0 Å². The van der Waals surface area contributed by atoms with Gasteiger partial charge in [-0.3, -0.25) is 4.90 Å². The van der Waals surface area contributed by atoms with Gasteiger partial charge in [0.1, 0.15) is 0 Å². The molecule has 1 N–H and O–H groups in total. The van der Waals surface area contributed by atoms with Crippen molar-refractivity contribution in [3.8, 4) is 0 Å². The molecule has 2 heterocycles. The number of aryl methyl sites for hydroxylation is 1. The molecule has 1 aliphatic heterocycles. The van der Waals surface area contributed by atoms with Crippen LogP contribution in [0.2, 0.25) is 0 Å². The minimum absolute atomic E-state index is 0.489. The van der Waals surface area contributed by atoms with Crippen LogP contribution >= 0.6 is 0 Å². The number of rotatable bonds is 8. The molecule has 5 heteroatoms. The quantitative estimate of drug-likeness (QED) is 0.792. The van der Waals surface area contributed by atoms with Gasteiger partial charge in [0.25, 0.3) is 0 Å². The topological polar surface area (TPSA) is 54.2 Å². The largest absolute Gasteiger partial charge is 0.338 e. The van der Waals surface area contributed by atoms with Crippen molar-refractivity contribution >= 4 is 0 Å². The maximum Gasteiger partial charge on any atom is 0.240 e. The van der Waals surface area contributed by atoms with Gasteiger partial charge in [-0.05, 0) is 39.7 Å². The van der Waals surface area contributed by atoms with Gasteiger partial charge in [0.05, 0.1) is 6.54 Å². The van der Waals surface area contributed by atoms with Gasteiger partial charge in [-0.1, -0.05) is 18.5 Å². The molecule has 1 unspecified atom stereocenters. The van der Waals surface area contributed by atoms with E-state index in [1.807, 2.05) is 0 Å². The van der Waals surface area contributed by atoms with Crippen molar-refractivity contribution in [2.75, 3.05) is 13.1 Å². The van der Waals surface area contributed by atoms with Gasteiger partial charge < -0.3 is 9.84 Å². The van der Waals surface area contributed by atoms with Gasteiger partial charge in [0, 0.05) is 25.0 Å². The van der Waals surface area contributed by atoms with Crippen molar-refractivity contribution in [3.05, 3.63) is 11.7 Å². The van der Waals surface area contributed by atoms with E-state index in [0.29, 0.717) is 12.1 Å². The van der Waals surface area contributed by atoms with Gasteiger partial charge in [0.2, 0.25) is 5.89 Å². The van der Waals surface area contributed by atoms with Gasteiger partial charge in [-0.15, -0.1) is 0 Å². The average Bonchev–Trinajstić information content (AvgIpc) is 3.07. The number of hydrogen-bond acceptors (Lipinski definition) is 5. The molecule has 114 valence electrons. The number of unbranched alkanes of at least 4 members (excludes halogenated alkanes) is 1. The molecule has 2 rings (SSSR count). The normalized spacial score (nSPS) is 19.4. The smallest absolute Gasteiger partial charge is 0.240 e. The molecule has 1 aliphatic rings. The Morgan fingerprint density at radius 3 is 2.95 bits per heavy atom. The summed E-state index contributed by atoms with van der Waals surface area (Å²) in [5.41, 5.74) is 0. The Morgan fingerprint density at radius 2 is 2.30 bits per heavy atom. The summed E-state index contributed by atoms with van der Waals surface area (Å²) in [5.74, 6) is 1.60. The Kier molecular flexibility index (Phi) is 5.98. The monoisotopic (exact) mass is 280 g/mol. The van der Waals surface area contributed by atoms with Crippen LogP contribution in [0.15, 0.2) is 4.52 Å². The van der Waals surface area contributed by atoms with Gasteiger partial charge in [-0.2, -0.15) is 4.98 Å². The predicted molar refractivity (Wildman–Crippen MR) is 79.5 cm³/mol. The van der Waals surface area contributed by atoms with Crippen molar-refractivity contribution in [1.82, 2.24) is 20.4 Å². The number of hydrogen-bond donors (Lipinski definition) is 1. The van der Waals surface area contributed by atoms with Crippen molar-refractivity contribution in [2.45, 2.75) is 71.5 Å². The minimum Gasteiger partial charge on any atom is -0.338 e. The summed E-state index contributed by atoms with van der Waals surface area (Å²) in [6.45, 7) is 9.60. The van der Waals surface area contributed by atoms with E-state index < -0.39 is 0 Å². The predicted octanol–water partition coefficient (Wildman–Crippen LogP) is 2.37. The lowest BCUT2D eigenvalue weighted by Crippen LogP contribution is -2.40. The zero-order valence-corrected chi connectivity index (χ0v) is 13.1. The average molecular weight is 280 g/mol. The third kappa shape index (κ3) is 4.56. The first-order chi connectivity index (χ1) is 9.69. The van der Waals surface area contributed by atoms with E-state index in [0.717, 1.165) is 50.6 Å². The molecule has 0 aromatic carbocycles. The highest BCUT2D eigenvalue weighted by atomic mass is 16.5. The number of aromatic nitrogens is 2. The summed E-state index contributed by atoms with van der Waals surface area (Å²) in [6.07, 6.45) is 5.77. The summed E-state index contributed by atoms with van der Waals surface area (Å²) in [6, 6.07) is 1.10. The van der Waals surface area contributed by atoms with E-state index in [1.165, 1.54) is 12.8 Å². The van der Waals surface area contributed by atoms with Crippen LogP contribution in [-0.2, 0) is 13.0 Å². The van der Waals surface area contributed by atoms with E-state index in [2.05, 4.69) is 41.1 Å². The highest BCUT2D eigenvalue weighted by molar-refractivity contribution is 4.88. The van der Waals surface area contributed by atoms with Crippen LogP contribution in [-0.4, -0.2) is 40.2 Å². The highest BCUT2D eigenvalue weighted by Gasteiger charge is 2.21. The van der Waals surface area contributed by atoms with Gasteiger partial charge in [-0.25, -0.2) is 0 Å². The van der Waals surface area contributed by atoms with E-state index in [-0.39, 0.29) is 0 Å². The van der Waals surface area contributed by atoms with Crippen LogP contribution in [0.3, 0.4) is 0 Å². The van der Waals surface area contributed by atoms with Crippen molar-refractivity contribution < 1.29 is 4.52 Å². The van der Waals surface area contributed by atoms with Gasteiger partial charge >= 0.3 is 0 Å². The Bertz CT molecular complexity index is 385. The molecule has 0 amide bonds. The molecule has 0 aliphatic carbocycles. The molecule has 1 saturated heterocycles. The summed E-state index contributed by atoms with van der Waals surface area (Å²) in [7, 11) is 0.